The fourth-order valence-corrected chi connectivity index (χ4v) is 2.74. The minimum Gasteiger partial charge on any atom is -0.394 e. The van der Waals surface area contributed by atoms with Crippen LogP contribution in [0.25, 0.3) is 0 Å². The molecule has 2 N–H and O–H groups in total. The summed E-state index contributed by atoms with van der Waals surface area (Å²) in [6.45, 7) is 10.6. The van der Waals surface area contributed by atoms with Crippen LogP contribution >= 0.6 is 0 Å². The van der Waals surface area contributed by atoms with Gasteiger partial charge in [-0.2, -0.15) is 5.10 Å². The van der Waals surface area contributed by atoms with Crippen LogP contribution in [0.15, 0.2) is 6.20 Å². The van der Waals surface area contributed by atoms with Gasteiger partial charge in [0.2, 0.25) is 0 Å². The van der Waals surface area contributed by atoms with E-state index in [9.17, 15) is 5.11 Å². The molecule has 1 aromatic rings. The minimum absolute atomic E-state index is 0.00193. The molecule has 0 radical (unpaired) electrons. The number of aryl methyl sites for hydroxylation is 1. The average molecular weight is 266 g/mol. The van der Waals surface area contributed by atoms with Crippen LogP contribution in [-0.4, -0.2) is 52.6 Å². The number of nitrogens with one attached hydrogen (secondary N) is 1. The first kappa shape index (κ1) is 14.5. The summed E-state index contributed by atoms with van der Waals surface area (Å²) in [5.41, 5.74) is 2.25. The van der Waals surface area contributed by atoms with E-state index in [0.29, 0.717) is 0 Å². The standard InChI is InChI=1S/C14H26N4O/c1-14(2,3)13-11(9-17(4)16-13)12(10-19)18-7-5-15-6-8-18/h9,12,15,19H,5-8,10H2,1-4H3. The molecule has 1 aliphatic heterocycles. The van der Waals surface area contributed by atoms with Crippen molar-refractivity contribution >= 4 is 0 Å². The molecule has 108 valence electrons. The van der Waals surface area contributed by atoms with Gasteiger partial charge in [0, 0.05) is 50.4 Å². The lowest BCUT2D eigenvalue weighted by molar-refractivity contribution is 0.109. The Morgan fingerprint density at radius 1 is 1.37 bits per heavy atom. The molecule has 5 heteroatoms. The van der Waals surface area contributed by atoms with Crippen molar-refractivity contribution in [3.05, 3.63) is 17.5 Å². The third-order valence-electron chi connectivity index (χ3n) is 3.69. The Morgan fingerprint density at radius 3 is 2.53 bits per heavy atom. The maximum Gasteiger partial charge on any atom is 0.0726 e. The van der Waals surface area contributed by atoms with E-state index in [4.69, 9.17) is 0 Å². The van der Waals surface area contributed by atoms with E-state index in [2.05, 4.69) is 42.3 Å². The van der Waals surface area contributed by atoms with Gasteiger partial charge in [-0.25, -0.2) is 0 Å². The van der Waals surface area contributed by atoms with Crippen molar-refractivity contribution in [2.75, 3.05) is 32.8 Å². The SMILES string of the molecule is Cn1cc(C(CO)N2CCNCC2)c(C(C)(C)C)n1. The van der Waals surface area contributed by atoms with Crippen molar-refractivity contribution in [2.24, 2.45) is 7.05 Å². The van der Waals surface area contributed by atoms with E-state index in [1.54, 1.807) is 0 Å². The highest BCUT2D eigenvalue weighted by Gasteiger charge is 2.30. The van der Waals surface area contributed by atoms with Gasteiger partial charge in [0.25, 0.3) is 0 Å². The zero-order valence-electron chi connectivity index (χ0n) is 12.5. The van der Waals surface area contributed by atoms with Gasteiger partial charge in [0.05, 0.1) is 18.3 Å². The summed E-state index contributed by atoms with van der Waals surface area (Å²) >= 11 is 0. The molecular weight excluding hydrogens is 240 g/mol. The van der Waals surface area contributed by atoms with Gasteiger partial charge in [0.15, 0.2) is 0 Å². The molecule has 1 aromatic heterocycles. The highest BCUT2D eigenvalue weighted by molar-refractivity contribution is 5.27. The zero-order valence-corrected chi connectivity index (χ0v) is 12.5. The second-order valence-electron chi connectivity index (χ2n) is 6.34. The molecule has 1 unspecified atom stereocenters. The molecule has 0 spiro atoms. The number of aliphatic hydroxyl groups is 1. The van der Waals surface area contributed by atoms with E-state index in [1.807, 2.05) is 11.7 Å². The third-order valence-corrected chi connectivity index (χ3v) is 3.69. The fraction of sp³-hybridized carbons (Fsp3) is 0.786. The minimum atomic E-state index is -0.00193. The Balaban J connectivity index is 2.32. The second-order valence-corrected chi connectivity index (χ2v) is 6.34. The number of rotatable bonds is 3. The van der Waals surface area contributed by atoms with Crippen molar-refractivity contribution in [3.63, 3.8) is 0 Å². The van der Waals surface area contributed by atoms with Crippen molar-refractivity contribution in [2.45, 2.75) is 32.2 Å². The first-order chi connectivity index (χ1) is 8.93. The van der Waals surface area contributed by atoms with Crippen molar-refractivity contribution in [1.29, 1.82) is 0 Å². The summed E-state index contributed by atoms with van der Waals surface area (Å²) in [4.78, 5) is 2.35. The van der Waals surface area contributed by atoms with Crippen molar-refractivity contribution in [1.82, 2.24) is 20.0 Å². The predicted octanol–water partition coefficient (Wildman–Crippen LogP) is 0.656. The lowest BCUT2D eigenvalue weighted by atomic mass is 9.87. The molecule has 1 atom stereocenters. The summed E-state index contributed by atoms with van der Waals surface area (Å²) in [7, 11) is 1.95. The topological polar surface area (TPSA) is 53.3 Å². The lowest BCUT2D eigenvalue weighted by Gasteiger charge is -2.34. The zero-order chi connectivity index (χ0) is 14.0. The first-order valence-electron chi connectivity index (χ1n) is 7.03. The Labute approximate surface area is 115 Å². The Morgan fingerprint density at radius 2 is 2.00 bits per heavy atom. The third kappa shape index (κ3) is 3.16. The molecule has 1 fully saturated rings. The summed E-state index contributed by atoms with van der Waals surface area (Å²) < 4.78 is 1.86. The maximum absolute atomic E-state index is 9.83. The highest BCUT2D eigenvalue weighted by Crippen LogP contribution is 2.31. The second kappa shape index (κ2) is 5.61. The van der Waals surface area contributed by atoms with Crippen LogP contribution in [-0.2, 0) is 12.5 Å². The molecule has 0 amide bonds. The van der Waals surface area contributed by atoms with Crippen molar-refractivity contribution in [3.8, 4) is 0 Å². The van der Waals surface area contributed by atoms with Crippen LogP contribution in [0, 0.1) is 0 Å². The molecule has 1 aliphatic rings. The van der Waals surface area contributed by atoms with Crippen LogP contribution in [0.1, 0.15) is 38.1 Å². The molecule has 2 heterocycles. The smallest absolute Gasteiger partial charge is 0.0726 e. The van der Waals surface area contributed by atoms with Gasteiger partial charge in [-0.3, -0.25) is 9.58 Å². The van der Waals surface area contributed by atoms with Gasteiger partial charge >= 0.3 is 0 Å². The number of aromatic nitrogens is 2. The van der Waals surface area contributed by atoms with Gasteiger partial charge < -0.3 is 10.4 Å². The summed E-state index contributed by atoms with van der Waals surface area (Å²) in [6.07, 6.45) is 2.06. The fourth-order valence-electron chi connectivity index (χ4n) is 2.74. The summed E-state index contributed by atoms with van der Waals surface area (Å²) in [5, 5.41) is 17.8. The van der Waals surface area contributed by atoms with Crippen LogP contribution in [0.3, 0.4) is 0 Å². The van der Waals surface area contributed by atoms with Crippen LogP contribution in [0.5, 0.6) is 0 Å². The number of aliphatic hydroxyl groups excluding tert-OH is 1. The van der Waals surface area contributed by atoms with Gasteiger partial charge in [0.1, 0.15) is 0 Å². The molecule has 0 bridgehead atoms. The van der Waals surface area contributed by atoms with E-state index in [0.717, 1.165) is 31.9 Å². The maximum atomic E-state index is 9.83. The average Bonchev–Trinajstić information content (AvgIpc) is 2.73. The summed E-state index contributed by atoms with van der Waals surface area (Å²) in [6, 6.07) is 0.0602. The molecule has 5 nitrogen and oxygen atoms in total. The molecule has 2 rings (SSSR count). The quantitative estimate of drug-likeness (QED) is 0.844. The largest absolute Gasteiger partial charge is 0.394 e. The summed E-state index contributed by atoms with van der Waals surface area (Å²) in [5.74, 6) is 0. The van der Waals surface area contributed by atoms with Crippen LogP contribution in [0.2, 0.25) is 0 Å². The first-order valence-corrected chi connectivity index (χ1v) is 7.03. The normalized spacial score (nSPS) is 19.6. The number of hydrogen-bond donors (Lipinski definition) is 2. The van der Waals surface area contributed by atoms with E-state index in [1.165, 1.54) is 5.56 Å². The van der Waals surface area contributed by atoms with Gasteiger partial charge in [-0.1, -0.05) is 20.8 Å². The van der Waals surface area contributed by atoms with Crippen LogP contribution in [0.4, 0.5) is 0 Å². The van der Waals surface area contributed by atoms with Gasteiger partial charge in [-0.15, -0.1) is 0 Å². The molecule has 0 saturated carbocycles. The van der Waals surface area contributed by atoms with E-state index < -0.39 is 0 Å². The number of nitrogens with zero attached hydrogens (tertiary/aromatic N) is 3. The lowest BCUT2D eigenvalue weighted by Crippen LogP contribution is -2.46. The highest BCUT2D eigenvalue weighted by atomic mass is 16.3. The molecule has 0 aromatic carbocycles. The Bertz CT molecular complexity index is 416. The Kier molecular flexibility index (Phi) is 4.28. The molecule has 19 heavy (non-hydrogen) atoms. The van der Waals surface area contributed by atoms with Crippen molar-refractivity contribution < 1.29 is 5.11 Å². The number of hydrogen-bond acceptors (Lipinski definition) is 4. The number of piperazine rings is 1. The van der Waals surface area contributed by atoms with Crippen LogP contribution < -0.4 is 5.32 Å². The van der Waals surface area contributed by atoms with E-state index >= 15 is 0 Å². The molecule has 1 saturated heterocycles. The molecular formula is C14H26N4O. The monoisotopic (exact) mass is 266 g/mol. The van der Waals surface area contributed by atoms with Gasteiger partial charge in [-0.05, 0) is 0 Å². The molecule has 0 aliphatic carbocycles. The Hall–Kier alpha value is -0.910. The van der Waals surface area contributed by atoms with E-state index in [-0.39, 0.29) is 18.1 Å². The predicted molar refractivity (Wildman–Crippen MR) is 76.2 cm³/mol.